The quantitative estimate of drug-likeness (QED) is 0.706. The Labute approximate surface area is 78.7 Å². The lowest BCUT2D eigenvalue weighted by Gasteiger charge is -2.06. The van der Waals surface area contributed by atoms with E-state index in [0.29, 0.717) is 6.54 Å². The minimum atomic E-state index is 0.190. The number of benzene rings is 1. The summed E-state index contributed by atoms with van der Waals surface area (Å²) < 4.78 is 5.69. The van der Waals surface area contributed by atoms with Crippen molar-refractivity contribution in [3.63, 3.8) is 0 Å². The van der Waals surface area contributed by atoms with Gasteiger partial charge in [0.05, 0.1) is 0 Å². The van der Waals surface area contributed by atoms with Gasteiger partial charge in [-0.15, -0.1) is 0 Å². The predicted molar refractivity (Wildman–Crippen MR) is 53.1 cm³/mol. The van der Waals surface area contributed by atoms with E-state index in [1.54, 1.807) is 0 Å². The van der Waals surface area contributed by atoms with Gasteiger partial charge < -0.3 is 10.5 Å². The van der Waals surface area contributed by atoms with Gasteiger partial charge in [0.15, 0.2) is 0 Å². The molecular formula is C11H15NO. The van der Waals surface area contributed by atoms with Crippen LogP contribution in [-0.2, 0) is 6.42 Å². The molecular weight excluding hydrogens is 162 g/mol. The van der Waals surface area contributed by atoms with Crippen molar-refractivity contribution in [3.8, 4) is 5.75 Å². The summed E-state index contributed by atoms with van der Waals surface area (Å²) in [6.07, 6.45) is 1.16. The van der Waals surface area contributed by atoms with Crippen molar-refractivity contribution in [1.29, 1.82) is 0 Å². The zero-order valence-corrected chi connectivity index (χ0v) is 8.13. The van der Waals surface area contributed by atoms with Gasteiger partial charge in [0.1, 0.15) is 11.9 Å². The second-order valence-electron chi connectivity index (χ2n) is 3.74. The average Bonchev–Trinajstić information content (AvgIpc) is 2.47. The first-order chi connectivity index (χ1) is 6.20. The SMILES string of the molecule is Cc1cc(C)c2c(c1)OC(CN)C2. The van der Waals surface area contributed by atoms with Crippen LogP contribution in [0.2, 0.25) is 0 Å². The molecule has 0 saturated heterocycles. The Bertz CT molecular complexity index is 333. The maximum atomic E-state index is 5.69. The molecule has 0 aromatic heterocycles. The fourth-order valence-corrected chi connectivity index (χ4v) is 1.91. The van der Waals surface area contributed by atoms with E-state index in [4.69, 9.17) is 10.5 Å². The van der Waals surface area contributed by atoms with Crippen LogP contribution in [0.1, 0.15) is 16.7 Å². The second kappa shape index (κ2) is 3.04. The first kappa shape index (κ1) is 8.57. The Balaban J connectivity index is 2.40. The van der Waals surface area contributed by atoms with Gasteiger partial charge in [-0.3, -0.25) is 0 Å². The lowest BCUT2D eigenvalue weighted by Crippen LogP contribution is -2.24. The van der Waals surface area contributed by atoms with Crippen LogP contribution in [0.5, 0.6) is 5.75 Å². The molecule has 1 atom stereocenters. The number of aryl methyl sites for hydroxylation is 2. The zero-order valence-electron chi connectivity index (χ0n) is 8.13. The van der Waals surface area contributed by atoms with Gasteiger partial charge in [0.2, 0.25) is 0 Å². The van der Waals surface area contributed by atoms with Crippen LogP contribution < -0.4 is 10.5 Å². The van der Waals surface area contributed by atoms with Crippen LogP contribution >= 0.6 is 0 Å². The van der Waals surface area contributed by atoms with E-state index in [1.807, 2.05) is 0 Å². The highest BCUT2D eigenvalue weighted by molar-refractivity contribution is 5.45. The van der Waals surface area contributed by atoms with Crippen molar-refractivity contribution in [2.45, 2.75) is 26.4 Å². The van der Waals surface area contributed by atoms with Crippen molar-refractivity contribution in [1.82, 2.24) is 0 Å². The van der Waals surface area contributed by atoms with E-state index in [1.165, 1.54) is 16.7 Å². The topological polar surface area (TPSA) is 35.2 Å². The molecule has 0 bridgehead atoms. The first-order valence-electron chi connectivity index (χ1n) is 4.67. The predicted octanol–water partition coefficient (Wildman–Crippen LogP) is 1.57. The second-order valence-corrected chi connectivity index (χ2v) is 3.74. The van der Waals surface area contributed by atoms with Gasteiger partial charge in [-0.05, 0) is 31.0 Å². The summed E-state index contributed by atoms with van der Waals surface area (Å²) >= 11 is 0. The largest absolute Gasteiger partial charge is 0.488 e. The highest BCUT2D eigenvalue weighted by Crippen LogP contribution is 2.32. The minimum absolute atomic E-state index is 0.190. The Hall–Kier alpha value is -1.02. The summed E-state index contributed by atoms with van der Waals surface area (Å²) in [5.41, 5.74) is 9.49. The molecule has 1 aromatic rings. The smallest absolute Gasteiger partial charge is 0.123 e. The van der Waals surface area contributed by atoms with Crippen LogP contribution in [0.3, 0.4) is 0 Å². The standard InChI is InChI=1S/C11H15NO/c1-7-3-8(2)10-5-9(6-12)13-11(10)4-7/h3-4,9H,5-6,12H2,1-2H3. The maximum Gasteiger partial charge on any atom is 0.123 e. The molecule has 0 saturated carbocycles. The van der Waals surface area contributed by atoms with Gasteiger partial charge in [0, 0.05) is 18.5 Å². The number of hydrogen-bond donors (Lipinski definition) is 1. The summed E-state index contributed by atoms with van der Waals surface area (Å²) in [4.78, 5) is 0. The van der Waals surface area contributed by atoms with E-state index in [9.17, 15) is 0 Å². The Kier molecular flexibility index (Phi) is 2.00. The lowest BCUT2D eigenvalue weighted by molar-refractivity contribution is 0.241. The molecule has 2 N–H and O–H groups in total. The number of fused-ring (bicyclic) bond motifs is 1. The maximum absolute atomic E-state index is 5.69. The van der Waals surface area contributed by atoms with Crippen LogP contribution in [0.4, 0.5) is 0 Å². The van der Waals surface area contributed by atoms with Crippen LogP contribution in [0.15, 0.2) is 12.1 Å². The normalized spacial score (nSPS) is 19.8. The summed E-state index contributed by atoms with van der Waals surface area (Å²) in [6.45, 7) is 4.83. The van der Waals surface area contributed by atoms with E-state index in [0.717, 1.165) is 12.2 Å². The lowest BCUT2D eigenvalue weighted by atomic mass is 10.0. The minimum Gasteiger partial charge on any atom is -0.488 e. The molecule has 2 rings (SSSR count). The van der Waals surface area contributed by atoms with Gasteiger partial charge >= 0.3 is 0 Å². The molecule has 2 nitrogen and oxygen atoms in total. The number of nitrogens with two attached hydrogens (primary N) is 1. The van der Waals surface area contributed by atoms with E-state index < -0.39 is 0 Å². The third-order valence-corrected chi connectivity index (χ3v) is 2.56. The number of rotatable bonds is 1. The molecule has 0 amide bonds. The Morgan fingerprint density at radius 1 is 1.46 bits per heavy atom. The van der Waals surface area contributed by atoms with Crippen LogP contribution in [-0.4, -0.2) is 12.6 Å². The highest BCUT2D eigenvalue weighted by Gasteiger charge is 2.22. The Morgan fingerprint density at radius 3 is 2.92 bits per heavy atom. The van der Waals surface area contributed by atoms with E-state index in [-0.39, 0.29) is 6.10 Å². The molecule has 1 aliphatic rings. The molecule has 1 aromatic carbocycles. The average molecular weight is 177 g/mol. The summed E-state index contributed by atoms with van der Waals surface area (Å²) in [6, 6.07) is 4.29. The van der Waals surface area contributed by atoms with E-state index in [2.05, 4.69) is 26.0 Å². The highest BCUT2D eigenvalue weighted by atomic mass is 16.5. The summed E-state index contributed by atoms with van der Waals surface area (Å²) in [5, 5.41) is 0. The van der Waals surface area contributed by atoms with Crippen molar-refractivity contribution in [2.75, 3.05) is 6.54 Å². The molecule has 13 heavy (non-hydrogen) atoms. The monoisotopic (exact) mass is 177 g/mol. The van der Waals surface area contributed by atoms with Crippen molar-refractivity contribution < 1.29 is 4.74 Å². The molecule has 1 unspecified atom stereocenters. The Morgan fingerprint density at radius 2 is 2.23 bits per heavy atom. The molecule has 0 fully saturated rings. The molecule has 1 heterocycles. The zero-order chi connectivity index (χ0) is 9.42. The van der Waals surface area contributed by atoms with Crippen molar-refractivity contribution >= 4 is 0 Å². The molecule has 70 valence electrons. The van der Waals surface area contributed by atoms with Crippen molar-refractivity contribution in [2.24, 2.45) is 5.73 Å². The molecule has 0 spiro atoms. The molecule has 0 radical (unpaired) electrons. The summed E-state index contributed by atoms with van der Waals surface area (Å²) in [7, 11) is 0. The molecule has 1 aliphatic heterocycles. The molecule has 2 heteroatoms. The van der Waals surface area contributed by atoms with Gasteiger partial charge in [-0.1, -0.05) is 6.07 Å². The van der Waals surface area contributed by atoms with E-state index >= 15 is 0 Å². The van der Waals surface area contributed by atoms with Crippen LogP contribution in [0, 0.1) is 13.8 Å². The third-order valence-electron chi connectivity index (χ3n) is 2.56. The first-order valence-corrected chi connectivity index (χ1v) is 4.67. The number of hydrogen-bond acceptors (Lipinski definition) is 2. The summed E-state index contributed by atoms with van der Waals surface area (Å²) in [5.74, 6) is 1.04. The molecule has 0 aliphatic carbocycles. The fraction of sp³-hybridized carbons (Fsp3) is 0.455. The van der Waals surface area contributed by atoms with Crippen LogP contribution in [0.25, 0.3) is 0 Å². The van der Waals surface area contributed by atoms with Gasteiger partial charge in [0.25, 0.3) is 0 Å². The fourth-order valence-electron chi connectivity index (χ4n) is 1.91. The third kappa shape index (κ3) is 1.42. The van der Waals surface area contributed by atoms with Crippen molar-refractivity contribution in [3.05, 3.63) is 28.8 Å². The number of ether oxygens (including phenoxy) is 1. The van der Waals surface area contributed by atoms with Gasteiger partial charge in [-0.2, -0.15) is 0 Å². The van der Waals surface area contributed by atoms with Gasteiger partial charge in [-0.25, -0.2) is 0 Å².